The first-order valence-electron chi connectivity index (χ1n) is 8.61. The monoisotopic (exact) mass is 374 g/mol. The van der Waals surface area contributed by atoms with Gasteiger partial charge >= 0.3 is 0 Å². The third-order valence-electron chi connectivity index (χ3n) is 4.44. The molecule has 2 atom stereocenters. The molecule has 1 aromatic heterocycles. The van der Waals surface area contributed by atoms with Crippen LogP contribution in [-0.4, -0.2) is 41.5 Å². The molecule has 0 aliphatic rings. The second kappa shape index (κ2) is 8.11. The smallest absolute Gasteiger partial charge is 0.268 e. The Labute approximate surface area is 157 Å². The van der Waals surface area contributed by atoms with Gasteiger partial charge in [0.15, 0.2) is 0 Å². The van der Waals surface area contributed by atoms with Gasteiger partial charge in [-0.05, 0) is 37.1 Å². The number of aryl methyl sites for hydroxylation is 1. The number of amides is 2. The average molecular weight is 374 g/mol. The molecule has 0 aliphatic carbocycles. The molecule has 2 rings (SSSR count). The van der Waals surface area contributed by atoms with E-state index in [-0.39, 0.29) is 5.92 Å². The Morgan fingerprint density at radius 1 is 1.11 bits per heavy atom. The molecule has 0 saturated heterocycles. The number of ether oxygens (including phenoxy) is 1. The van der Waals surface area contributed by atoms with Crippen molar-refractivity contribution >= 4 is 28.7 Å². The zero-order valence-corrected chi connectivity index (χ0v) is 16.0. The largest absolute Gasteiger partial charge is 0.548 e. The summed E-state index contributed by atoms with van der Waals surface area (Å²) in [7, 11) is 3.31. The number of hydrogen-bond donors (Lipinski definition) is 2. The van der Waals surface area contributed by atoms with E-state index in [1.165, 1.54) is 6.92 Å². The van der Waals surface area contributed by atoms with Crippen molar-refractivity contribution in [2.45, 2.75) is 32.9 Å². The van der Waals surface area contributed by atoms with E-state index in [0.29, 0.717) is 11.4 Å². The molecule has 0 aliphatic heterocycles. The van der Waals surface area contributed by atoms with E-state index in [9.17, 15) is 19.5 Å². The zero-order valence-electron chi connectivity index (χ0n) is 16.0. The minimum atomic E-state index is -1.36. The maximum absolute atomic E-state index is 12.6. The maximum Gasteiger partial charge on any atom is 0.268 e. The third-order valence-corrected chi connectivity index (χ3v) is 4.44. The van der Waals surface area contributed by atoms with Crippen molar-refractivity contribution in [2.24, 2.45) is 13.0 Å². The summed E-state index contributed by atoms with van der Waals surface area (Å²) in [5.41, 5.74) is 1.22. The normalized spacial score (nSPS) is 13.3. The highest BCUT2D eigenvalue weighted by atomic mass is 16.5. The summed E-state index contributed by atoms with van der Waals surface area (Å²) in [5, 5.41) is 16.9. The second-order valence-electron chi connectivity index (χ2n) is 6.76. The van der Waals surface area contributed by atoms with Crippen molar-refractivity contribution in [3.8, 4) is 5.75 Å². The van der Waals surface area contributed by atoms with Crippen molar-refractivity contribution in [3.63, 3.8) is 0 Å². The van der Waals surface area contributed by atoms with Gasteiger partial charge in [-0.25, -0.2) is 0 Å². The first kappa shape index (κ1) is 20.3. The number of aliphatic carboxylic acids is 1. The Morgan fingerprint density at radius 3 is 2.33 bits per heavy atom. The maximum atomic E-state index is 12.6. The number of hydrogen-bond acceptors (Lipinski definition) is 5. The van der Waals surface area contributed by atoms with Crippen LogP contribution in [0.15, 0.2) is 24.3 Å². The molecule has 2 aromatic rings. The Bertz CT molecular complexity index is 872. The van der Waals surface area contributed by atoms with E-state index < -0.39 is 29.9 Å². The van der Waals surface area contributed by atoms with Crippen LogP contribution in [0.1, 0.15) is 31.3 Å². The molecular weight excluding hydrogens is 350 g/mol. The predicted molar refractivity (Wildman–Crippen MR) is 98.2 cm³/mol. The van der Waals surface area contributed by atoms with Crippen molar-refractivity contribution in [1.29, 1.82) is 0 Å². The molecule has 1 aromatic carbocycles. The van der Waals surface area contributed by atoms with Crippen LogP contribution in [0.2, 0.25) is 0 Å². The van der Waals surface area contributed by atoms with Crippen LogP contribution in [-0.2, 0) is 16.6 Å². The van der Waals surface area contributed by atoms with Gasteiger partial charge in [0.25, 0.3) is 5.91 Å². The number of methoxy groups -OCH3 is 1. The number of rotatable bonds is 7. The quantitative estimate of drug-likeness (QED) is 0.719. The summed E-state index contributed by atoms with van der Waals surface area (Å²) in [4.78, 5) is 35.9. The molecule has 8 heteroatoms. The van der Waals surface area contributed by atoms with Gasteiger partial charge in [-0.1, -0.05) is 13.8 Å². The molecule has 8 nitrogen and oxygen atoms in total. The van der Waals surface area contributed by atoms with E-state index in [1.54, 1.807) is 44.7 Å². The summed E-state index contributed by atoms with van der Waals surface area (Å²) >= 11 is 0. The molecule has 27 heavy (non-hydrogen) atoms. The lowest BCUT2D eigenvalue weighted by atomic mass is 10.0. The summed E-state index contributed by atoms with van der Waals surface area (Å²) in [5.74, 6) is -2.05. The summed E-state index contributed by atoms with van der Waals surface area (Å²) in [6.07, 6.45) is 0. The number of fused-ring (bicyclic) bond motifs is 1. The summed E-state index contributed by atoms with van der Waals surface area (Å²) in [6, 6.07) is 5.12. The van der Waals surface area contributed by atoms with E-state index in [2.05, 4.69) is 10.6 Å². The first-order chi connectivity index (χ1) is 12.6. The fraction of sp³-hybridized carbons (Fsp3) is 0.421. The SMILES string of the molecule is COc1ccc2c(c1)cc(C(=O)N[C@@H](C)C(=O)N[C@H](C(=O)[O-])C(C)C)n2C. The fourth-order valence-electron chi connectivity index (χ4n) is 2.78. The van der Waals surface area contributed by atoms with Gasteiger partial charge < -0.3 is 29.8 Å². The van der Waals surface area contributed by atoms with Crippen molar-refractivity contribution in [3.05, 3.63) is 30.0 Å². The minimum absolute atomic E-state index is 0.338. The van der Waals surface area contributed by atoms with E-state index >= 15 is 0 Å². The van der Waals surface area contributed by atoms with Crippen molar-refractivity contribution in [2.75, 3.05) is 7.11 Å². The Kier molecular flexibility index (Phi) is 6.09. The van der Waals surface area contributed by atoms with Gasteiger partial charge in [0.1, 0.15) is 17.5 Å². The number of carboxylic acids is 1. The number of benzene rings is 1. The number of aromatic nitrogens is 1. The molecule has 1 heterocycles. The van der Waals surface area contributed by atoms with Gasteiger partial charge in [-0.3, -0.25) is 9.59 Å². The third kappa shape index (κ3) is 4.39. The fourth-order valence-corrected chi connectivity index (χ4v) is 2.78. The van der Waals surface area contributed by atoms with Gasteiger partial charge in [0, 0.05) is 18.0 Å². The van der Waals surface area contributed by atoms with Crippen LogP contribution in [0.3, 0.4) is 0 Å². The molecule has 146 valence electrons. The number of carboxylic acid groups (broad SMARTS) is 1. The van der Waals surface area contributed by atoms with Crippen LogP contribution >= 0.6 is 0 Å². The van der Waals surface area contributed by atoms with Gasteiger partial charge in [0.05, 0.1) is 19.1 Å². The molecule has 0 bridgehead atoms. The number of nitrogens with one attached hydrogen (secondary N) is 2. The van der Waals surface area contributed by atoms with Crippen molar-refractivity contribution in [1.82, 2.24) is 15.2 Å². The zero-order chi connectivity index (χ0) is 20.3. The topological polar surface area (TPSA) is 112 Å². The van der Waals surface area contributed by atoms with Crippen LogP contribution in [0.4, 0.5) is 0 Å². The molecule has 0 unspecified atom stereocenters. The second-order valence-corrected chi connectivity index (χ2v) is 6.76. The van der Waals surface area contributed by atoms with E-state index in [1.807, 2.05) is 12.1 Å². The Morgan fingerprint density at radius 2 is 1.78 bits per heavy atom. The number of carbonyl (C=O) groups excluding carboxylic acids is 3. The molecule has 0 fully saturated rings. The van der Waals surface area contributed by atoms with Gasteiger partial charge in [0.2, 0.25) is 5.91 Å². The molecular formula is C19H24N3O5-. The summed E-state index contributed by atoms with van der Waals surface area (Å²) in [6.45, 7) is 4.81. The van der Waals surface area contributed by atoms with Gasteiger partial charge in [-0.15, -0.1) is 0 Å². The molecule has 0 saturated carbocycles. The van der Waals surface area contributed by atoms with E-state index in [0.717, 1.165) is 10.9 Å². The molecule has 2 N–H and O–H groups in total. The highest BCUT2D eigenvalue weighted by Gasteiger charge is 2.23. The first-order valence-corrected chi connectivity index (χ1v) is 8.61. The molecule has 0 spiro atoms. The van der Waals surface area contributed by atoms with Crippen LogP contribution < -0.4 is 20.5 Å². The number of carbonyl (C=O) groups is 3. The van der Waals surface area contributed by atoms with E-state index in [4.69, 9.17) is 4.74 Å². The van der Waals surface area contributed by atoms with Crippen LogP contribution in [0, 0.1) is 5.92 Å². The summed E-state index contributed by atoms with van der Waals surface area (Å²) < 4.78 is 6.90. The van der Waals surface area contributed by atoms with Gasteiger partial charge in [-0.2, -0.15) is 0 Å². The Balaban J connectivity index is 2.14. The average Bonchev–Trinajstić information content (AvgIpc) is 2.94. The highest BCUT2D eigenvalue weighted by Crippen LogP contribution is 2.23. The molecule has 0 radical (unpaired) electrons. The van der Waals surface area contributed by atoms with Crippen molar-refractivity contribution < 1.29 is 24.2 Å². The minimum Gasteiger partial charge on any atom is -0.548 e. The Hall–Kier alpha value is -3.03. The highest BCUT2D eigenvalue weighted by molar-refractivity contribution is 6.01. The van der Waals surface area contributed by atoms with Crippen LogP contribution in [0.25, 0.3) is 10.9 Å². The molecule has 2 amide bonds. The van der Waals surface area contributed by atoms with Crippen LogP contribution in [0.5, 0.6) is 5.75 Å². The standard InChI is InChI=1S/C19H25N3O5/c1-10(2)16(19(25)26)21-17(23)11(3)20-18(24)15-9-12-8-13(27-5)6-7-14(12)22(15)4/h6-11,16H,1-5H3,(H,20,24)(H,21,23)(H,25,26)/p-1/t11-,16-/m0/s1. The lowest BCUT2D eigenvalue weighted by Gasteiger charge is -2.25. The lowest BCUT2D eigenvalue weighted by Crippen LogP contribution is -2.55. The number of nitrogens with zero attached hydrogens (tertiary/aromatic N) is 1. The predicted octanol–water partition coefficient (Wildman–Crippen LogP) is 0.196. The lowest BCUT2D eigenvalue weighted by molar-refractivity contribution is -0.309.